The molecule has 0 saturated carbocycles. The first-order chi connectivity index (χ1) is 7.67. The van der Waals surface area contributed by atoms with Crippen molar-refractivity contribution in [3.63, 3.8) is 0 Å². The summed E-state index contributed by atoms with van der Waals surface area (Å²) in [4.78, 5) is 2.40. The molecule has 16 heavy (non-hydrogen) atoms. The van der Waals surface area contributed by atoms with Gasteiger partial charge in [-0.15, -0.1) is 0 Å². The van der Waals surface area contributed by atoms with Crippen molar-refractivity contribution in [1.82, 2.24) is 10.2 Å². The lowest BCUT2D eigenvalue weighted by Crippen LogP contribution is -2.47. The average Bonchev–Trinajstić information content (AvgIpc) is 2.29. The van der Waals surface area contributed by atoms with Gasteiger partial charge in [-0.2, -0.15) is 0 Å². The zero-order valence-electron chi connectivity index (χ0n) is 11.3. The molecule has 0 aromatic carbocycles. The summed E-state index contributed by atoms with van der Waals surface area (Å²) in [7, 11) is 3.97. The maximum absolute atomic E-state index is 5.19. The minimum Gasteiger partial charge on any atom is -0.383 e. The lowest BCUT2D eigenvalue weighted by Gasteiger charge is -2.34. The Morgan fingerprint density at radius 3 is 2.88 bits per heavy atom. The Labute approximate surface area is 101 Å². The van der Waals surface area contributed by atoms with E-state index in [4.69, 9.17) is 4.74 Å². The molecule has 0 aliphatic carbocycles. The Morgan fingerprint density at radius 1 is 1.50 bits per heavy atom. The van der Waals surface area contributed by atoms with Gasteiger partial charge in [-0.25, -0.2) is 0 Å². The summed E-state index contributed by atoms with van der Waals surface area (Å²) in [6, 6.07) is 1.18. The highest BCUT2D eigenvalue weighted by atomic mass is 16.5. The summed E-state index contributed by atoms with van der Waals surface area (Å²) in [5.41, 5.74) is 0. The largest absolute Gasteiger partial charge is 0.383 e. The molecule has 3 nitrogen and oxygen atoms in total. The van der Waals surface area contributed by atoms with Crippen molar-refractivity contribution in [1.29, 1.82) is 0 Å². The van der Waals surface area contributed by atoms with Crippen LogP contribution in [0.3, 0.4) is 0 Å². The van der Waals surface area contributed by atoms with E-state index in [0.717, 1.165) is 19.1 Å². The Bertz CT molecular complexity index is 187. The van der Waals surface area contributed by atoms with E-state index in [9.17, 15) is 0 Å². The van der Waals surface area contributed by atoms with Crippen LogP contribution in [0.4, 0.5) is 0 Å². The summed E-state index contributed by atoms with van der Waals surface area (Å²) < 4.78 is 5.19. The number of piperidine rings is 1. The van der Waals surface area contributed by atoms with E-state index >= 15 is 0 Å². The average molecular weight is 228 g/mol. The molecule has 0 spiro atoms. The normalized spacial score (nSPS) is 28.3. The van der Waals surface area contributed by atoms with Crippen molar-refractivity contribution >= 4 is 0 Å². The fraction of sp³-hybridized carbons (Fsp3) is 1.00. The molecule has 1 heterocycles. The maximum Gasteiger partial charge on any atom is 0.0615 e. The van der Waals surface area contributed by atoms with Crippen LogP contribution in [0.5, 0.6) is 0 Å². The number of rotatable bonds is 6. The fourth-order valence-corrected chi connectivity index (χ4v) is 2.50. The van der Waals surface area contributed by atoms with Crippen molar-refractivity contribution in [2.24, 2.45) is 5.92 Å². The summed E-state index contributed by atoms with van der Waals surface area (Å²) in [5, 5.41) is 3.63. The summed E-state index contributed by atoms with van der Waals surface area (Å²) >= 11 is 0. The second-order valence-electron chi connectivity index (χ2n) is 5.19. The standard InChI is InChI=1S/C13H28N2O/c1-5-12-6-7-14-13(8-12)9-15(3)11(2)10-16-4/h11-14H,5-10H2,1-4H3. The number of methoxy groups -OCH3 is 1. The Morgan fingerprint density at radius 2 is 2.25 bits per heavy atom. The van der Waals surface area contributed by atoms with Gasteiger partial charge >= 0.3 is 0 Å². The third kappa shape index (κ3) is 4.40. The summed E-state index contributed by atoms with van der Waals surface area (Å²) in [6.45, 7) is 7.69. The van der Waals surface area contributed by atoms with Crippen molar-refractivity contribution in [2.75, 3.05) is 33.9 Å². The van der Waals surface area contributed by atoms with Crippen LogP contribution in [0.2, 0.25) is 0 Å². The van der Waals surface area contributed by atoms with Crippen molar-refractivity contribution in [3.8, 4) is 0 Å². The molecule has 1 rings (SSSR count). The quantitative estimate of drug-likeness (QED) is 0.749. The molecule has 3 unspecified atom stereocenters. The SMILES string of the molecule is CCC1CCNC(CN(C)C(C)COC)C1. The van der Waals surface area contributed by atoms with Gasteiger partial charge in [0, 0.05) is 25.7 Å². The van der Waals surface area contributed by atoms with Crippen molar-refractivity contribution in [3.05, 3.63) is 0 Å². The van der Waals surface area contributed by atoms with Crippen LogP contribution >= 0.6 is 0 Å². The Hall–Kier alpha value is -0.120. The lowest BCUT2D eigenvalue weighted by atomic mass is 9.90. The molecule has 1 fully saturated rings. The predicted molar refractivity (Wildman–Crippen MR) is 68.8 cm³/mol. The first-order valence-corrected chi connectivity index (χ1v) is 6.59. The van der Waals surface area contributed by atoms with Crippen LogP contribution in [0.15, 0.2) is 0 Å². The maximum atomic E-state index is 5.19. The topological polar surface area (TPSA) is 24.5 Å². The molecular formula is C13H28N2O. The molecule has 1 N–H and O–H groups in total. The van der Waals surface area contributed by atoms with E-state index in [1.165, 1.54) is 25.8 Å². The van der Waals surface area contributed by atoms with E-state index in [0.29, 0.717) is 12.1 Å². The number of hydrogen-bond donors (Lipinski definition) is 1. The van der Waals surface area contributed by atoms with Gasteiger partial charge < -0.3 is 10.1 Å². The summed E-state index contributed by atoms with van der Waals surface area (Å²) in [5.74, 6) is 0.928. The van der Waals surface area contributed by atoms with Crippen LogP contribution in [0.1, 0.15) is 33.1 Å². The van der Waals surface area contributed by atoms with Gasteiger partial charge in [0.15, 0.2) is 0 Å². The second-order valence-corrected chi connectivity index (χ2v) is 5.19. The van der Waals surface area contributed by atoms with E-state index in [-0.39, 0.29) is 0 Å². The molecule has 96 valence electrons. The number of ether oxygens (including phenoxy) is 1. The van der Waals surface area contributed by atoms with Gasteiger partial charge in [0.05, 0.1) is 6.61 Å². The molecule has 1 aliphatic heterocycles. The monoisotopic (exact) mass is 228 g/mol. The second kappa shape index (κ2) is 7.25. The lowest BCUT2D eigenvalue weighted by molar-refractivity contribution is 0.103. The van der Waals surface area contributed by atoms with Crippen molar-refractivity contribution in [2.45, 2.75) is 45.2 Å². The minimum atomic E-state index is 0.508. The molecule has 0 radical (unpaired) electrons. The van der Waals surface area contributed by atoms with Crippen LogP contribution in [0.25, 0.3) is 0 Å². The molecular weight excluding hydrogens is 200 g/mol. The Balaban J connectivity index is 2.29. The van der Waals surface area contributed by atoms with Crippen LogP contribution in [-0.4, -0.2) is 50.8 Å². The number of nitrogens with zero attached hydrogens (tertiary/aromatic N) is 1. The first kappa shape index (κ1) is 13.9. The molecule has 3 heteroatoms. The number of likely N-dealkylation sites (N-methyl/N-ethyl adjacent to an activating group) is 1. The predicted octanol–water partition coefficient (Wildman–Crippen LogP) is 1.73. The molecule has 3 atom stereocenters. The van der Waals surface area contributed by atoms with E-state index in [1.54, 1.807) is 7.11 Å². The number of hydrogen-bond acceptors (Lipinski definition) is 3. The van der Waals surface area contributed by atoms with Crippen molar-refractivity contribution < 1.29 is 4.74 Å². The summed E-state index contributed by atoms with van der Waals surface area (Å²) in [6.07, 6.45) is 4.01. The van der Waals surface area contributed by atoms with Gasteiger partial charge in [0.1, 0.15) is 0 Å². The third-order valence-corrected chi connectivity index (χ3v) is 3.85. The molecule has 1 aliphatic rings. The third-order valence-electron chi connectivity index (χ3n) is 3.85. The van der Waals surface area contributed by atoms with Gasteiger partial charge in [-0.3, -0.25) is 4.90 Å². The number of nitrogens with one attached hydrogen (secondary N) is 1. The fourth-order valence-electron chi connectivity index (χ4n) is 2.50. The van der Waals surface area contributed by atoms with Crippen LogP contribution < -0.4 is 5.32 Å². The van der Waals surface area contributed by atoms with Crippen LogP contribution in [0, 0.1) is 5.92 Å². The first-order valence-electron chi connectivity index (χ1n) is 6.59. The van der Waals surface area contributed by atoms with Gasteiger partial charge in [-0.1, -0.05) is 13.3 Å². The molecule has 1 saturated heterocycles. The zero-order chi connectivity index (χ0) is 12.0. The van der Waals surface area contributed by atoms with Gasteiger partial charge in [0.2, 0.25) is 0 Å². The molecule has 0 amide bonds. The highest BCUT2D eigenvalue weighted by Gasteiger charge is 2.22. The Kier molecular flexibility index (Phi) is 6.32. The van der Waals surface area contributed by atoms with Crippen LogP contribution in [-0.2, 0) is 4.74 Å². The van der Waals surface area contributed by atoms with E-state index < -0.39 is 0 Å². The van der Waals surface area contributed by atoms with E-state index in [1.807, 2.05) is 0 Å². The smallest absolute Gasteiger partial charge is 0.0615 e. The molecule has 0 aromatic heterocycles. The highest BCUT2D eigenvalue weighted by Crippen LogP contribution is 2.19. The molecule has 0 bridgehead atoms. The van der Waals surface area contributed by atoms with Gasteiger partial charge in [-0.05, 0) is 39.3 Å². The zero-order valence-corrected chi connectivity index (χ0v) is 11.3. The van der Waals surface area contributed by atoms with E-state index in [2.05, 4.69) is 31.1 Å². The minimum absolute atomic E-state index is 0.508. The molecule has 0 aromatic rings. The highest BCUT2D eigenvalue weighted by molar-refractivity contribution is 4.81. The van der Waals surface area contributed by atoms with Gasteiger partial charge in [0.25, 0.3) is 0 Å².